The highest BCUT2D eigenvalue weighted by atomic mass is 16.6. The summed E-state index contributed by atoms with van der Waals surface area (Å²) < 4.78 is 12.9. The molecule has 184 valence electrons. The van der Waals surface area contributed by atoms with Gasteiger partial charge in [0, 0.05) is 10.8 Å². The van der Waals surface area contributed by atoms with Gasteiger partial charge in [0.25, 0.3) is 0 Å². The Morgan fingerprint density at radius 1 is 0.771 bits per heavy atom. The summed E-state index contributed by atoms with van der Waals surface area (Å²) in [6, 6.07) is 18.5. The van der Waals surface area contributed by atoms with Crippen molar-refractivity contribution in [1.29, 1.82) is 0 Å². The van der Waals surface area contributed by atoms with Crippen molar-refractivity contribution in [2.24, 2.45) is 40.4 Å². The van der Waals surface area contributed by atoms with Gasteiger partial charge in [-0.1, -0.05) is 57.2 Å². The third-order valence-electron chi connectivity index (χ3n) is 10.4. The van der Waals surface area contributed by atoms with E-state index in [-0.39, 0.29) is 22.8 Å². The van der Waals surface area contributed by atoms with E-state index < -0.39 is 12.2 Å². The minimum Gasteiger partial charge on any atom is -0.454 e. The van der Waals surface area contributed by atoms with Crippen molar-refractivity contribution in [3.05, 3.63) is 71.8 Å². The highest BCUT2D eigenvalue weighted by Crippen LogP contribution is 2.75. The van der Waals surface area contributed by atoms with Gasteiger partial charge in [0.1, 0.15) is 12.2 Å². The Morgan fingerprint density at radius 3 is 1.83 bits per heavy atom. The number of benzene rings is 2. The average molecular weight is 473 g/mol. The molecule has 0 saturated heterocycles. The van der Waals surface area contributed by atoms with E-state index in [1.807, 2.05) is 36.4 Å². The molecule has 4 bridgehead atoms. The summed E-state index contributed by atoms with van der Waals surface area (Å²) in [4.78, 5) is 26.8. The maximum Gasteiger partial charge on any atom is 0.338 e. The van der Waals surface area contributed by atoms with E-state index in [9.17, 15) is 9.59 Å². The van der Waals surface area contributed by atoms with Crippen LogP contribution in [-0.4, -0.2) is 24.1 Å². The molecule has 8 atom stereocenters. The van der Waals surface area contributed by atoms with Gasteiger partial charge in [0.05, 0.1) is 11.1 Å². The normalized spacial score (nSPS) is 38.9. The van der Waals surface area contributed by atoms with E-state index >= 15 is 0 Å². The van der Waals surface area contributed by atoms with E-state index in [0.717, 1.165) is 12.8 Å². The lowest BCUT2D eigenvalue weighted by Crippen LogP contribution is -2.72. The molecule has 8 unspecified atom stereocenters. The molecular formula is C31H36O4. The van der Waals surface area contributed by atoms with Crippen molar-refractivity contribution in [2.75, 3.05) is 0 Å². The largest absolute Gasteiger partial charge is 0.454 e. The Bertz CT molecular complexity index is 1110. The first kappa shape index (κ1) is 22.8. The molecule has 5 fully saturated rings. The zero-order chi connectivity index (χ0) is 24.4. The van der Waals surface area contributed by atoms with Crippen LogP contribution in [-0.2, 0) is 9.47 Å². The van der Waals surface area contributed by atoms with Gasteiger partial charge in [-0.15, -0.1) is 0 Å². The Labute approximate surface area is 208 Å². The molecular weight excluding hydrogens is 436 g/mol. The second kappa shape index (κ2) is 8.21. The number of hydrogen-bond donors (Lipinski definition) is 0. The van der Waals surface area contributed by atoms with Crippen LogP contribution < -0.4 is 0 Å². The minimum atomic E-state index is -0.445. The summed E-state index contributed by atoms with van der Waals surface area (Å²) in [7, 11) is 0. The fraction of sp³-hybridized carbons (Fsp3) is 0.548. The lowest BCUT2D eigenvalue weighted by Gasteiger charge is -2.69. The minimum absolute atomic E-state index is 0.172. The number of rotatable bonds is 5. The second-order valence-corrected chi connectivity index (χ2v) is 12.0. The van der Waals surface area contributed by atoms with Crippen molar-refractivity contribution < 1.29 is 19.1 Å². The van der Waals surface area contributed by atoms with E-state index in [1.165, 1.54) is 19.3 Å². The molecule has 2 aromatic carbocycles. The van der Waals surface area contributed by atoms with Crippen molar-refractivity contribution >= 4 is 11.9 Å². The molecule has 5 aliphatic rings. The van der Waals surface area contributed by atoms with Crippen LogP contribution in [0.25, 0.3) is 0 Å². The zero-order valence-corrected chi connectivity index (χ0v) is 21.0. The van der Waals surface area contributed by atoms with Crippen LogP contribution in [0.2, 0.25) is 0 Å². The summed E-state index contributed by atoms with van der Waals surface area (Å²) in [5, 5.41) is 0. The SMILES string of the molecule is CC(C)C12CCC(C)(C(OC(=O)c3ccccc3)C1OC(=O)c1ccccc1)C1C3CCC(C3)C12. The van der Waals surface area contributed by atoms with Crippen LogP contribution in [0, 0.1) is 40.4 Å². The Morgan fingerprint density at radius 2 is 1.29 bits per heavy atom. The van der Waals surface area contributed by atoms with Gasteiger partial charge in [-0.25, -0.2) is 9.59 Å². The summed E-state index contributed by atoms with van der Waals surface area (Å²) in [6.45, 7) is 6.90. The van der Waals surface area contributed by atoms with Crippen molar-refractivity contribution in [3.63, 3.8) is 0 Å². The quantitative estimate of drug-likeness (QED) is 0.463. The second-order valence-electron chi connectivity index (χ2n) is 12.0. The third kappa shape index (κ3) is 3.24. The van der Waals surface area contributed by atoms with E-state index in [2.05, 4.69) is 20.8 Å². The molecule has 0 heterocycles. The van der Waals surface area contributed by atoms with Gasteiger partial charge < -0.3 is 9.47 Å². The number of ether oxygens (including phenoxy) is 2. The Balaban J connectivity index is 1.44. The molecule has 0 aliphatic heterocycles. The molecule has 0 N–H and O–H groups in total. The zero-order valence-electron chi connectivity index (χ0n) is 21.0. The smallest absolute Gasteiger partial charge is 0.338 e. The fourth-order valence-electron chi connectivity index (χ4n) is 9.01. The van der Waals surface area contributed by atoms with Gasteiger partial charge in [0.2, 0.25) is 0 Å². The maximum absolute atomic E-state index is 13.4. The van der Waals surface area contributed by atoms with Crippen LogP contribution in [0.5, 0.6) is 0 Å². The number of carbonyl (C=O) groups is 2. The summed E-state index contributed by atoms with van der Waals surface area (Å²) in [5.74, 6) is 2.13. The van der Waals surface area contributed by atoms with Crippen LogP contribution in [0.4, 0.5) is 0 Å². The molecule has 7 rings (SSSR count). The fourth-order valence-corrected chi connectivity index (χ4v) is 9.01. The molecule has 4 nitrogen and oxygen atoms in total. The van der Waals surface area contributed by atoms with Gasteiger partial charge in [-0.3, -0.25) is 0 Å². The molecule has 5 aliphatic carbocycles. The Kier molecular flexibility index (Phi) is 5.36. The van der Waals surface area contributed by atoms with Crippen molar-refractivity contribution in [2.45, 2.75) is 65.1 Å². The molecule has 0 radical (unpaired) electrons. The number of fused-ring (bicyclic) bond motifs is 4. The monoisotopic (exact) mass is 472 g/mol. The van der Waals surface area contributed by atoms with Crippen LogP contribution >= 0.6 is 0 Å². The van der Waals surface area contributed by atoms with E-state index in [4.69, 9.17) is 9.47 Å². The van der Waals surface area contributed by atoms with Gasteiger partial charge >= 0.3 is 11.9 Å². The van der Waals surface area contributed by atoms with Gasteiger partial charge in [-0.2, -0.15) is 0 Å². The molecule has 0 aromatic heterocycles. The predicted octanol–water partition coefficient (Wildman–Crippen LogP) is 6.56. The van der Waals surface area contributed by atoms with Gasteiger partial charge in [0.15, 0.2) is 0 Å². The highest BCUT2D eigenvalue weighted by Gasteiger charge is 2.75. The lowest BCUT2D eigenvalue weighted by molar-refractivity contribution is -0.274. The van der Waals surface area contributed by atoms with Crippen molar-refractivity contribution in [1.82, 2.24) is 0 Å². The maximum atomic E-state index is 13.4. The number of esters is 2. The van der Waals surface area contributed by atoms with Crippen molar-refractivity contribution in [3.8, 4) is 0 Å². The summed E-state index contributed by atoms with van der Waals surface area (Å²) >= 11 is 0. The first-order valence-corrected chi connectivity index (χ1v) is 13.4. The molecule has 0 amide bonds. The average Bonchev–Trinajstić information content (AvgIpc) is 3.51. The highest BCUT2D eigenvalue weighted by molar-refractivity contribution is 5.90. The first-order chi connectivity index (χ1) is 16.9. The number of hydrogen-bond acceptors (Lipinski definition) is 4. The Hall–Kier alpha value is -2.62. The standard InChI is InChI=1S/C31H36O4/c1-19(2)31-17-16-30(3,24-22-14-15-23(18-22)25(24)31)26(34-28(32)20-10-6-4-7-11-20)27(31)35-29(33)21-12-8-5-9-13-21/h4-13,19,22-27H,14-18H2,1-3H3. The van der Waals surface area contributed by atoms with Crippen LogP contribution in [0.1, 0.15) is 73.6 Å². The third-order valence-corrected chi connectivity index (χ3v) is 10.4. The van der Waals surface area contributed by atoms with E-state index in [0.29, 0.717) is 40.7 Å². The summed E-state index contributed by atoms with van der Waals surface area (Å²) in [5.41, 5.74) is 0.742. The summed E-state index contributed by atoms with van der Waals surface area (Å²) in [6.07, 6.45) is 4.99. The van der Waals surface area contributed by atoms with Crippen LogP contribution in [0.3, 0.4) is 0 Å². The lowest BCUT2D eigenvalue weighted by atomic mass is 9.38. The molecule has 5 saturated carbocycles. The molecule has 35 heavy (non-hydrogen) atoms. The topological polar surface area (TPSA) is 52.6 Å². The van der Waals surface area contributed by atoms with Crippen LogP contribution in [0.15, 0.2) is 60.7 Å². The molecule has 4 heteroatoms. The predicted molar refractivity (Wildman–Crippen MR) is 134 cm³/mol. The number of carbonyl (C=O) groups excluding carboxylic acids is 2. The first-order valence-electron chi connectivity index (χ1n) is 13.4. The van der Waals surface area contributed by atoms with Gasteiger partial charge in [-0.05, 0) is 86.0 Å². The molecule has 2 aromatic rings. The van der Waals surface area contributed by atoms with E-state index in [1.54, 1.807) is 24.3 Å². The molecule has 0 spiro atoms.